The van der Waals surface area contributed by atoms with E-state index in [-0.39, 0.29) is 17.7 Å². The van der Waals surface area contributed by atoms with Crippen molar-refractivity contribution in [2.45, 2.75) is 71.6 Å². The minimum atomic E-state index is -0.609. The fourth-order valence-corrected chi connectivity index (χ4v) is 2.69. The highest BCUT2D eigenvalue weighted by molar-refractivity contribution is 5.91. The number of carbonyl (C=O) groups excluding carboxylic acids is 3. The molecule has 0 spiro atoms. The Morgan fingerprint density at radius 1 is 1.29 bits per heavy atom. The first-order chi connectivity index (χ1) is 11.1. The fraction of sp³-hybridized carbons (Fsp3) is 0.824. The summed E-state index contributed by atoms with van der Waals surface area (Å²) in [7, 11) is 1.55. The van der Waals surface area contributed by atoms with Crippen molar-refractivity contribution in [3.05, 3.63) is 0 Å². The number of likely N-dealkylation sites (tertiary alicyclic amines) is 1. The molecule has 0 aliphatic carbocycles. The first-order valence-corrected chi connectivity index (χ1v) is 8.62. The van der Waals surface area contributed by atoms with Gasteiger partial charge >= 0.3 is 6.09 Å². The molecule has 1 heterocycles. The normalized spacial score (nSPS) is 20.2. The molecule has 0 aromatic rings. The van der Waals surface area contributed by atoms with Gasteiger partial charge in [0.05, 0.1) is 0 Å². The number of nitrogens with zero attached hydrogens (tertiary/aromatic N) is 1. The highest BCUT2D eigenvalue weighted by atomic mass is 16.6. The van der Waals surface area contributed by atoms with Gasteiger partial charge in [-0.2, -0.15) is 0 Å². The molecule has 3 atom stereocenters. The van der Waals surface area contributed by atoms with Gasteiger partial charge in [-0.15, -0.1) is 0 Å². The van der Waals surface area contributed by atoms with Crippen molar-refractivity contribution in [2.75, 3.05) is 13.6 Å². The van der Waals surface area contributed by atoms with Crippen LogP contribution in [0.4, 0.5) is 4.79 Å². The van der Waals surface area contributed by atoms with Crippen LogP contribution in [0.2, 0.25) is 0 Å². The molecule has 2 N–H and O–H groups in total. The van der Waals surface area contributed by atoms with Gasteiger partial charge in [0.2, 0.25) is 11.8 Å². The van der Waals surface area contributed by atoms with E-state index in [1.165, 1.54) is 4.90 Å². The van der Waals surface area contributed by atoms with Crippen LogP contribution in [-0.4, -0.2) is 54.1 Å². The second-order valence-corrected chi connectivity index (χ2v) is 7.32. The summed E-state index contributed by atoms with van der Waals surface area (Å²) < 4.78 is 5.37. The largest absolute Gasteiger partial charge is 0.444 e. The zero-order chi connectivity index (χ0) is 18.5. The minimum Gasteiger partial charge on any atom is -0.444 e. The molecular weight excluding hydrogens is 310 g/mol. The summed E-state index contributed by atoms with van der Waals surface area (Å²) in [5, 5.41) is 5.39. The van der Waals surface area contributed by atoms with Crippen molar-refractivity contribution in [3.8, 4) is 0 Å². The Hall–Kier alpha value is -1.79. The molecule has 24 heavy (non-hydrogen) atoms. The Morgan fingerprint density at radius 2 is 1.92 bits per heavy atom. The fourth-order valence-electron chi connectivity index (χ4n) is 2.69. The summed E-state index contributed by atoms with van der Waals surface area (Å²) in [5.74, 6) is -0.517. The van der Waals surface area contributed by atoms with Crippen LogP contribution in [-0.2, 0) is 14.3 Å². The van der Waals surface area contributed by atoms with Crippen LogP contribution in [0.1, 0.15) is 53.9 Å². The maximum atomic E-state index is 12.6. The van der Waals surface area contributed by atoms with E-state index < -0.39 is 23.8 Å². The molecule has 0 unspecified atom stereocenters. The lowest BCUT2D eigenvalue weighted by molar-refractivity contribution is -0.132. The van der Waals surface area contributed by atoms with E-state index in [0.717, 1.165) is 12.8 Å². The van der Waals surface area contributed by atoms with Crippen molar-refractivity contribution in [2.24, 2.45) is 5.92 Å². The molecule has 0 aromatic heterocycles. The number of rotatable bonds is 5. The third kappa shape index (κ3) is 5.39. The molecular formula is C17H31N3O4. The van der Waals surface area contributed by atoms with Gasteiger partial charge in [-0.1, -0.05) is 20.3 Å². The van der Waals surface area contributed by atoms with Gasteiger partial charge in [0, 0.05) is 13.6 Å². The lowest BCUT2D eigenvalue weighted by Gasteiger charge is -2.30. The standard InChI is InChI=1S/C17H31N3O4/c1-7-11(2)13(15(22)18-6)19-14(21)12-9-8-10-20(12)16(23)24-17(3,4)5/h11-13H,7-10H2,1-6H3,(H,18,22)(H,19,21)/t11-,12-,13-/m0/s1. The van der Waals surface area contributed by atoms with Gasteiger partial charge in [-0.05, 0) is 39.5 Å². The maximum Gasteiger partial charge on any atom is 0.410 e. The van der Waals surface area contributed by atoms with Crippen LogP contribution >= 0.6 is 0 Å². The number of hydrogen-bond acceptors (Lipinski definition) is 4. The Labute approximate surface area is 144 Å². The second-order valence-electron chi connectivity index (χ2n) is 7.32. The summed E-state index contributed by atoms with van der Waals surface area (Å²) in [6.07, 6.45) is 1.59. The van der Waals surface area contributed by atoms with Crippen molar-refractivity contribution in [1.82, 2.24) is 15.5 Å². The Kier molecular flexibility index (Phi) is 7.05. The number of ether oxygens (including phenoxy) is 1. The predicted molar refractivity (Wildman–Crippen MR) is 91.4 cm³/mol. The number of hydrogen-bond donors (Lipinski definition) is 2. The molecule has 1 saturated heterocycles. The molecule has 138 valence electrons. The van der Waals surface area contributed by atoms with Gasteiger partial charge < -0.3 is 15.4 Å². The van der Waals surface area contributed by atoms with E-state index in [0.29, 0.717) is 13.0 Å². The van der Waals surface area contributed by atoms with Gasteiger partial charge in [0.1, 0.15) is 17.7 Å². The number of carbonyl (C=O) groups is 3. The van der Waals surface area contributed by atoms with E-state index in [1.807, 2.05) is 13.8 Å². The molecule has 3 amide bonds. The number of likely N-dealkylation sites (N-methyl/N-ethyl adjacent to an activating group) is 1. The molecule has 1 fully saturated rings. The summed E-state index contributed by atoms with van der Waals surface area (Å²) in [6.45, 7) is 9.75. The van der Waals surface area contributed by atoms with Crippen LogP contribution in [0.5, 0.6) is 0 Å². The van der Waals surface area contributed by atoms with Gasteiger partial charge in [0.15, 0.2) is 0 Å². The topological polar surface area (TPSA) is 87.7 Å². The highest BCUT2D eigenvalue weighted by Gasteiger charge is 2.38. The zero-order valence-electron chi connectivity index (χ0n) is 15.6. The monoisotopic (exact) mass is 341 g/mol. The summed E-state index contributed by atoms with van der Waals surface area (Å²) in [6, 6.07) is -1.19. The predicted octanol–water partition coefficient (Wildman–Crippen LogP) is 1.66. The molecule has 7 heteroatoms. The molecule has 0 bridgehead atoms. The van der Waals surface area contributed by atoms with E-state index >= 15 is 0 Å². The number of amides is 3. The van der Waals surface area contributed by atoms with Crippen molar-refractivity contribution < 1.29 is 19.1 Å². The summed E-state index contributed by atoms with van der Waals surface area (Å²) >= 11 is 0. The Morgan fingerprint density at radius 3 is 2.42 bits per heavy atom. The quantitative estimate of drug-likeness (QED) is 0.796. The molecule has 7 nitrogen and oxygen atoms in total. The highest BCUT2D eigenvalue weighted by Crippen LogP contribution is 2.21. The van der Waals surface area contributed by atoms with Crippen LogP contribution in [0.3, 0.4) is 0 Å². The molecule has 1 rings (SSSR count). The third-order valence-electron chi connectivity index (χ3n) is 4.22. The summed E-state index contributed by atoms with van der Waals surface area (Å²) in [4.78, 5) is 38.4. The Balaban J connectivity index is 2.80. The average molecular weight is 341 g/mol. The molecule has 1 aliphatic heterocycles. The van der Waals surface area contributed by atoms with Crippen LogP contribution in [0.15, 0.2) is 0 Å². The lowest BCUT2D eigenvalue weighted by Crippen LogP contribution is -2.55. The average Bonchev–Trinajstić information content (AvgIpc) is 2.99. The minimum absolute atomic E-state index is 0.00489. The zero-order valence-corrected chi connectivity index (χ0v) is 15.6. The molecule has 1 aliphatic rings. The lowest BCUT2D eigenvalue weighted by atomic mass is 9.98. The molecule has 0 aromatic carbocycles. The SMILES string of the molecule is CC[C@H](C)[C@H](NC(=O)[C@@H]1CCCN1C(=O)OC(C)(C)C)C(=O)NC. The van der Waals surface area contributed by atoms with Crippen molar-refractivity contribution in [3.63, 3.8) is 0 Å². The third-order valence-corrected chi connectivity index (χ3v) is 4.22. The van der Waals surface area contributed by atoms with Crippen molar-refractivity contribution in [1.29, 1.82) is 0 Å². The van der Waals surface area contributed by atoms with E-state index in [4.69, 9.17) is 4.74 Å². The van der Waals surface area contributed by atoms with Gasteiger partial charge in [0.25, 0.3) is 0 Å². The number of nitrogens with one attached hydrogen (secondary N) is 2. The van der Waals surface area contributed by atoms with Crippen LogP contribution in [0.25, 0.3) is 0 Å². The van der Waals surface area contributed by atoms with Crippen LogP contribution < -0.4 is 10.6 Å². The van der Waals surface area contributed by atoms with E-state index in [2.05, 4.69) is 10.6 Å². The van der Waals surface area contributed by atoms with E-state index in [9.17, 15) is 14.4 Å². The van der Waals surface area contributed by atoms with Crippen LogP contribution in [0, 0.1) is 5.92 Å². The molecule has 0 saturated carbocycles. The van der Waals surface area contributed by atoms with Gasteiger partial charge in [-0.25, -0.2) is 4.79 Å². The first-order valence-electron chi connectivity index (χ1n) is 8.62. The smallest absolute Gasteiger partial charge is 0.410 e. The Bertz CT molecular complexity index is 473. The van der Waals surface area contributed by atoms with E-state index in [1.54, 1.807) is 27.8 Å². The van der Waals surface area contributed by atoms with Crippen molar-refractivity contribution >= 4 is 17.9 Å². The molecule has 0 radical (unpaired) electrons. The second kappa shape index (κ2) is 8.35. The first kappa shape index (κ1) is 20.3. The maximum absolute atomic E-state index is 12.6. The van der Waals surface area contributed by atoms with Gasteiger partial charge in [-0.3, -0.25) is 14.5 Å². The summed E-state index contributed by atoms with van der Waals surface area (Å²) in [5.41, 5.74) is -0.609.